The van der Waals surface area contributed by atoms with Crippen molar-refractivity contribution in [1.29, 1.82) is 0 Å². The summed E-state index contributed by atoms with van der Waals surface area (Å²) in [5, 5.41) is 0. The Morgan fingerprint density at radius 3 is 2.83 bits per heavy atom. The Morgan fingerprint density at radius 1 is 1.42 bits per heavy atom. The molecular weight excluding hydrogens is 154 g/mol. The van der Waals surface area contributed by atoms with Gasteiger partial charge in [-0.2, -0.15) is 0 Å². The Hall–Kier alpha value is -0.120. The normalized spacial score (nSPS) is 48.5. The van der Waals surface area contributed by atoms with E-state index in [2.05, 4.69) is 6.92 Å². The first-order valence-corrected chi connectivity index (χ1v) is 4.70. The smallest absolute Gasteiger partial charge is 0.0880 e. The van der Waals surface area contributed by atoms with Crippen LogP contribution in [0.5, 0.6) is 0 Å². The third-order valence-corrected chi connectivity index (χ3v) is 2.99. The molecule has 70 valence electrons. The summed E-state index contributed by atoms with van der Waals surface area (Å²) in [6.07, 6.45) is 2.08. The van der Waals surface area contributed by atoms with E-state index in [1.54, 1.807) is 0 Å². The Bertz CT molecular complexity index is 170. The first-order chi connectivity index (χ1) is 5.73. The maximum absolute atomic E-state index is 5.99. The molecular formula is C9H17NO2. The molecule has 1 spiro atoms. The van der Waals surface area contributed by atoms with Crippen LogP contribution in [0.4, 0.5) is 0 Å². The molecule has 3 heteroatoms. The van der Waals surface area contributed by atoms with E-state index in [1.807, 2.05) is 0 Å². The van der Waals surface area contributed by atoms with E-state index in [-0.39, 0.29) is 11.6 Å². The van der Waals surface area contributed by atoms with Crippen molar-refractivity contribution < 1.29 is 9.47 Å². The zero-order valence-electron chi connectivity index (χ0n) is 7.58. The minimum absolute atomic E-state index is 0.0440. The summed E-state index contributed by atoms with van der Waals surface area (Å²) in [6.45, 7) is 4.55. The third kappa shape index (κ3) is 1.26. The monoisotopic (exact) mass is 171 g/mol. The van der Waals surface area contributed by atoms with Crippen molar-refractivity contribution in [2.45, 2.75) is 31.4 Å². The van der Waals surface area contributed by atoms with Gasteiger partial charge in [0.2, 0.25) is 0 Å². The summed E-state index contributed by atoms with van der Waals surface area (Å²) in [6, 6.07) is 0.0798. The van der Waals surface area contributed by atoms with Gasteiger partial charge in [-0.25, -0.2) is 0 Å². The summed E-state index contributed by atoms with van der Waals surface area (Å²) in [7, 11) is 0. The van der Waals surface area contributed by atoms with Crippen LogP contribution in [0.2, 0.25) is 0 Å². The second-order valence-electron chi connectivity index (χ2n) is 4.12. The fourth-order valence-corrected chi connectivity index (χ4v) is 2.24. The molecule has 2 saturated heterocycles. The van der Waals surface area contributed by atoms with Crippen LogP contribution >= 0.6 is 0 Å². The molecule has 2 fully saturated rings. The van der Waals surface area contributed by atoms with Crippen molar-refractivity contribution >= 4 is 0 Å². The molecule has 3 atom stereocenters. The molecule has 3 nitrogen and oxygen atoms in total. The van der Waals surface area contributed by atoms with Crippen molar-refractivity contribution in [3.8, 4) is 0 Å². The summed E-state index contributed by atoms with van der Waals surface area (Å²) < 4.78 is 11.1. The Labute approximate surface area is 73.2 Å². The van der Waals surface area contributed by atoms with Crippen LogP contribution in [0, 0.1) is 5.92 Å². The first-order valence-electron chi connectivity index (χ1n) is 4.70. The number of ether oxygens (including phenoxy) is 2. The summed E-state index contributed by atoms with van der Waals surface area (Å²) in [4.78, 5) is 0. The zero-order chi connectivity index (χ0) is 8.60. The highest BCUT2D eigenvalue weighted by Crippen LogP contribution is 2.36. The largest absolute Gasteiger partial charge is 0.380 e. The maximum Gasteiger partial charge on any atom is 0.0880 e. The molecule has 12 heavy (non-hydrogen) atoms. The summed E-state index contributed by atoms with van der Waals surface area (Å²) >= 11 is 0. The number of hydrogen-bond donors (Lipinski definition) is 1. The number of hydrogen-bond acceptors (Lipinski definition) is 3. The van der Waals surface area contributed by atoms with Crippen molar-refractivity contribution in [2.75, 3.05) is 19.8 Å². The maximum atomic E-state index is 5.99. The standard InChI is InChI=1S/C9H17NO2/c1-7-4-9(12-5-7)2-3-11-6-8(9)10/h7-8H,2-6,10H2,1H3. The van der Waals surface area contributed by atoms with Crippen LogP contribution in [0.15, 0.2) is 0 Å². The molecule has 0 saturated carbocycles. The SMILES string of the molecule is CC1COC2(CCOCC2N)C1. The average molecular weight is 171 g/mol. The molecule has 0 aromatic carbocycles. The van der Waals surface area contributed by atoms with Crippen LogP contribution < -0.4 is 5.73 Å². The van der Waals surface area contributed by atoms with Gasteiger partial charge in [-0.05, 0) is 12.3 Å². The molecule has 0 aromatic rings. The van der Waals surface area contributed by atoms with Crippen LogP contribution in [-0.4, -0.2) is 31.5 Å². The van der Waals surface area contributed by atoms with Gasteiger partial charge in [-0.15, -0.1) is 0 Å². The van der Waals surface area contributed by atoms with Gasteiger partial charge in [0.05, 0.1) is 24.9 Å². The molecule has 0 aromatic heterocycles. The van der Waals surface area contributed by atoms with E-state index >= 15 is 0 Å². The van der Waals surface area contributed by atoms with E-state index < -0.39 is 0 Å². The molecule has 0 bridgehead atoms. The molecule has 0 aliphatic carbocycles. The van der Waals surface area contributed by atoms with E-state index in [1.165, 1.54) is 0 Å². The Morgan fingerprint density at radius 2 is 2.25 bits per heavy atom. The van der Waals surface area contributed by atoms with Gasteiger partial charge in [-0.1, -0.05) is 6.92 Å². The molecule has 0 amide bonds. The molecule has 2 N–H and O–H groups in total. The lowest BCUT2D eigenvalue weighted by Crippen LogP contribution is -2.54. The Balaban J connectivity index is 2.07. The van der Waals surface area contributed by atoms with Gasteiger partial charge in [0.25, 0.3) is 0 Å². The van der Waals surface area contributed by atoms with Crippen molar-refractivity contribution in [2.24, 2.45) is 11.7 Å². The van der Waals surface area contributed by atoms with Crippen LogP contribution in [0.25, 0.3) is 0 Å². The predicted molar refractivity (Wildman–Crippen MR) is 45.9 cm³/mol. The first kappa shape index (κ1) is 8.48. The Kier molecular flexibility index (Phi) is 2.10. The van der Waals surface area contributed by atoms with Gasteiger partial charge in [0.15, 0.2) is 0 Å². The molecule has 2 aliphatic rings. The molecule has 0 radical (unpaired) electrons. The van der Waals surface area contributed by atoms with Crippen LogP contribution in [0.3, 0.4) is 0 Å². The van der Waals surface area contributed by atoms with E-state index in [0.717, 1.165) is 26.1 Å². The second-order valence-corrected chi connectivity index (χ2v) is 4.12. The summed E-state index contributed by atoms with van der Waals surface area (Å²) in [5.41, 5.74) is 5.94. The average Bonchev–Trinajstić information content (AvgIpc) is 2.41. The van der Waals surface area contributed by atoms with Gasteiger partial charge in [0.1, 0.15) is 0 Å². The van der Waals surface area contributed by atoms with Crippen molar-refractivity contribution in [3.05, 3.63) is 0 Å². The van der Waals surface area contributed by atoms with Gasteiger partial charge in [0, 0.05) is 13.0 Å². The lowest BCUT2D eigenvalue weighted by Gasteiger charge is -2.38. The van der Waals surface area contributed by atoms with Gasteiger partial charge in [-0.3, -0.25) is 0 Å². The number of nitrogens with two attached hydrogens (primary N) is 1. The van der Waals surface area contributed by atoms with E-state index in [4.69, 9.17) is 15.2 Å². The van der Waals surface area contributed by atoms with Crippen LogP contribution in [0.1, 0.15) is 19.8 Å². The minimum atomic E-state index is -0.0440. The molecule has 2 heterocycles. The second kappa shape index (κ2) is 2.98. The highest BCUT2D eigenvalue weighted by molar-refractivity contribution is 4.98. The van der Waals surface area contributed by atoms with E-state index in [0.29, 0.717) is 12.5 Å². The zero-order valence-corrected chi connectivity index (χ0v) is 7.58. The van der Waals surface area contributed by atoms with E-state index in [9.17, 15) is 0 Å². The molecule has 2 rings (SSSR count). The van der Waals surface area contributed by atoms with Crippen molar-refractivity contribution in [3.63, 3.8) is 0 Å². The molecule has 2 aliphatic heterocycles. The fourth-order valence-electron chi connectivity index (χ4n) is 2.24. The predicted octanol–water partition coefficient (Wildman–Crippen LogP) is 0.529. The lowest BCUT2D eigenvalue weighted by molar-refractivity contribution is -0.0928. The lowest BCUT2D eigenvalue weighted by atomic mass is 9.84. The third-order valence-electron chi connectivity index (χ3n) is 2.99. The van der Waals surface area contributed by atoms with Crippen LogP contribution in [-0.2, 0) is 9.47 Å². The molecule has 3 unspecified atom stereocenters. The summed E-state index contributed by atoms with van der Waals surface area (Å²) in [5.74, 6) is 0.661. The topological polar surface area (TPSA) is 44.5 Å². The quantitative estimate of drug-likeness (QED) is 0.578. The van der Waals surface area contributed by atoms with Gasteiger partial charge < -0.3 is 15.2 Å². The highest BCUT2D eigenvalue weighted by atomic mass is 16.5. The highest BCUT2D eigenvalue weighted by Gasteiger charge is 2.45. The fraction of sp³-hybridized carbons (Fsp3) is 1.00. The number of rotatable bonds is 0. The minimum Gasteiger partial charge on any atom is -0.380 e. The van der Waals surface area contributed by atoms with Gasteiger partial charge >= 0.3 is 0 Å². The van der Waals surface area contributed by atoms with Crippen molar-refractivity contribution in [1.82, 2.24) is 0 Å².